The standard InChI is InChI=1S/C13H20N2O4/c16-9(17)6-19-4-3-14-13(18)15-12-10-7-1-2-8(5-7)11(10)12/h7-8,10-12H,1-6H2,(H,16,17)(H2,14,15,18). The molecule has 3 rings (SSSR count). The number of urea groups is 1. The van der Waals surface area contributed by atoms with Gasteiger partial charge in [-0.1, -0.05) is 0 Å². The van der Waals surface area contributed by atoms with E-state index in [1.54, 1.807) is 0 Å². The van der Waals surface area contributed by atoms with E-state index in [9.17, 15) is 9.59 Å². The number of carbonyl (C=O) groups is 2. The Morgan fingerprint density at radius 3 is 2.53 bits per heavy atom. The van der Waals surface area contributed by atoms with Crippen LogP contribution in [0, 0.1) is 23.7 Å². The van der Waals surface area contributed by atoms with E-state index >= 15 is 0 Å². The highest BCUT2D eigenvalue weighted by Gasteiger charge is 2.65. The molecule has 0 aromatic carbocycles. The molecule has 2 bridgehead atoms. The number of amides is 2. The van der Waals surface area contributed by atoms with Crippen molar-refractivity contribution in [3.63, 3.8) is 0 Å². The van der Waals surface area contributed by atoms with Crippen LogP contribution in [0.4, 0.5) is 4.79 Å². The highest BCUT2D eigenvalue weighted by atomic mass is 16.5. The minimum atomic E-state index is -0.995. The summed E-state index contributed by atoms with van der Waals surface area (Å²) in [6, 6.07) is 0.226. The fourth-order valence-electron chi connectivity index (χ4n) is 4.12. The van der Waals surface area contributed by atoms with Gasteiger partial charge in [0.1, 0.15) is 6.61 Å². The second kappa shape index (κ2) is 5.00. The average molecular weight is 268 g/mol. The van der Waals surface area contributed by atoms with Gasteiger partial charge in [-0.05, 0) is 42.9 Å². The smallest absolute Gasteiger partial charge is 0.329 e. The molecule has 0 aromatic heterocycles. The molecule has 0 radical (unpaired) electrons. The monoisotopic (exact) mass is 268 g/mol. The normalized spacial score (nSPS) is 37.8. The van der Waals surface area contributed by atoms with Crippen molar-refractivity contribution in [1.82, 2.24) is 10.6 Å². The van der Waals surface area contributed by atoms with Crippen LogP contribution < -0.4 is 10.6 Å². The number of carboxylic acid groups (broad SMARTS) is 1. The van der Waals surface area contributed by atoms with Crippen LogP contribution in [0.15, 0.2) is 0 Å². The number of nitrogens with one attached hydrogen (secondary N) is 2. The summed E-state index contributed by atoms with van der Waals surface area (Å²) in [7, 11) is 0. The van der Waals surface area contributed by atoms with Gasteiger partial charge in [-0.15, -0.1) is 0 Å². The van der Waals surface area contributed by atoms with Crippen molar-refractivity contribution in [2.24, 2.45) is 23.7 Å². The third-order valence-electron chi connectivity index (χ3n) is 4.79. The Bertz CT molecular complexity index is 371. The summed E-state index contributed by atoms with van der Waals surface area (Å²) in [5, 5.41) is 14.1. The zero-order valence-electron chi connectivity index (χ0n) is 10.8. The molecule has 3 saturated carbocycles. The highest BCUT2D eigenvalue weighted by Crippen LogP contribution is 2.65. The Balaban J connectivity index is 1.30. The Labute approximate surface area is 111 Å². The van der Waals surface area contributed by atoms with E-state index in [2.05, 4.69) is 10.6 Å². The first kappa shape index (κ1) is 12.7. The van der Waals surface area contributed by atoms with Crippen LogP contribution in [0.2, 0.25) is 0 Å². The molecule has 4 unspecified atom stereocenters. The molecule has 0 spiro atoms. The molecule has 0 saturated heterocycles. The fraction of sp³-hybridized carbons (Fsp3) is 0.846. The minimum absolute atomic E-state index is 0.155. The van der Waals surface area contributed by atoms with E-state index in [1.165, 1.54) is 19.3 Å². The van der Waals surface area contributed by atoms with Crippen molar-refractivity contribution >= 4 is 12.0 Å². The first-order chi connectivity index (χ1) is 9.16. The van der Waals surface area contributed by atoms with Crippen molar-refractivity contribution in [2.75, 3.05) is 19.8 Å². The van der Waals surface area contributed by atoms with Crippen molar-refractivity contribution in [3.05, 3.63) is 0 Å². The molecular formula is C13H20N2O4. The molecule has 6 heteroatoms. The van der Waals surface area contributed by atoms with Crippen molar-refractivity contribution in [3.8, 4) is 0 Å². The summed E-state index contributed by atoms with van der Waals surface area (Å²) < 4.78 is 4.84. The predicted molar refractivity (Wildman–Crippen MR) is 66.6 cm³/mol. The van der Waals surface area contributed by atoms with Crippen LogP contribution in [0.3, 0.4) is 0 Å². The first-order valence-corrected chi connectivity index (χ1v) is 7.00. The summed E-state index contributed by atoms with van der Waals surface area (Å²) in [5.74, 6) is 2.16. The average Bonchev–Trinajstić information content (AvgIpc) is 2.76. The second-order valence-corrected chi connectivity index (χ2v) is 5.86. The zero-order valence-corrected chi connectivity index (χ0v) is 10.8. The molecule has 4 atom stereocenters. The van der Waals surface area contributed by atoms with E-state index in [4.69, 9.17) is 9.84 Å². The lowest BCUT2D eigenvalue weighted by molar-refractivity contribution is -0.142. The molecule has 3 aliphatic rings. The van der Waals surface area contributed by atoms with Gasteiger partial charge in [-0.2, -0.15) is 0 Å². The summed E-state index contributed by atoms with van der Waals surface area (Å²) in [6.07, 6.45) is 4.06. The van der Waals surface area contributed by atoms with Gasteiger partial charge in [-0.25, -0.2) is 9.59 Å². The molecular weight excluding hydrogens is 248 g/mol. The van der Waals surface area contributed by atoms with Crippen LogP contribution >= 0.6 is 0 Å². The quantitative estimate of drug-likeness (QED) is 0.610. The van der Waals surface area contributed by atoms with Gasteiger partial charge in [0.05, 0.1) is 6.61 Å². The van der Waals surface area contributed by atoms with Gasteiger partial charge >= 0.3 is 12.0 Å². The number of hydrogen-bond donors (Lipinski definition) is 3. The Hall–Kier alpha value is -1.30. The molecule has 3 N–H and O–H groups in total. The van der Waals surface area contributed by atoms with Gasteiger partial charge in [0.25, 0.3) is 0 Å². The lowest BCUT2D eigenvalue weighted by atomic mass is 10.0. The van der Waals surface area contributed by atoms with Crippen molar-refractivity contribution in [1.29, 1.82) is 0 Å². The maximum Gasteiger partial charge on any atom is 0.329 e. The van der Waals surface area contributed by atoms with E-state index < -0.39 is 5.97 Å². The molecule has 0 aliphatic heterocycles. The summed E-state index contributed by atoms with van der Waals surface area (Å²) in [6.45, 7) is 0.246. The SMILES string of the molecule is O=C(O)COCCNC(=O)NC1C2C3CCC(C3)C12. The molecule has 0 aromatic rings. The van der Waals surface area contributed by atoms with Crippen LogP contribution in [0.5, 0.6) is 0 Å². The molecule has 106 valence electrons. The van der Waals surface area contributed by atoms with Gasteiger partial charge in [0, 0.05) is 12.6 Å². The van der Waals surface area contributed by atoms with E-state index in [1.807, 2.05) is 0 Å². The summed E-state index contributed by atoms with van der Waals surface area (Å²) >= 11 is 0. The van der Waals surface area contributed by atoms with Gasteiger partial charge < -0.3 is 20.5 Å². The van der Waals surface area contributed by atoms with Gasteiger partial charge in [-0.3, -0.25) is 0 Å². The number of fused-ring (bicyclic) bond motifs is 5. The van der Waals surface area contributed by atoms with Crippen molar-refractivity contribution in [2.45, 2.75) is 25.3 Å². The minimum Gasteiger partial charge on any atom is -0.480 e. The number of aliphatic carboxylic acids is 1. The van der Waals surface area contributed by atoms with E-state index in [-0.39, 0.29) is 19.2 Å². The molecule has 3 fully saturated rings. The fourth-order valence-corrected chi connectivity index (χ4v) is 4.12. The molecule has 6 nitrogen and oxygen atoms in total. The van der Waals surface area contributed by atoms with Crippen molar-refractivity contribution < 1.29 is 19.4 Å². The molecule has 0 heterocycles. The maximum atomic E-state index is 11.7. The number of carboxylic acids is 1. The summed E-state index contributed by atoms with van der Waals surface area (Å²) in [5.41, 5.74) is 0. The Morgan fingerprint density at radius 2 is 1.89 bits per heavy atom. The summed E-state index contributed by atoms with van der Waals surface area (Å²) in [4.78, 5) is 21.9. The zero-order chi connectivity index (χ0) is 13.4. The third kappa shape index (κ3) is 2.54. The molecule has 3 aliphatic carbocycles. The molecule has 2 amide bonds. The largest absolute Gasteiger partial charge is 0.480 e. The van der Waals surface area contributed by atoms with Crippen LogP contribution in [0.1, 0.15) is 19.3 Å². The topological polar surface area (TPSA) is 87.7 Å². The van der Waals surface area contributed by atoms with Gasteiger partial charge in [0.15, 0.2) is 0 Å². The highest BCUT2D eigenvalue weighted by molar-refractivity contribution is 5.74. The van der Waals surface area contributed by atoms with E-state index in [0.29, 0.717) is 12.6 Å². The molecule has 19 heavy (non-hydrogen) atoms. The Kier molecular flexibility index (Phi) is 3.35. The number of rotatable bonds is 6. The lowest BCUT2D eigenvalue weighted by Gasteiger charge is -2.11. The number of ether oxygens (including phenoxy) is 1. The maximum absolute atomic E-state index is 11.7. The lowest BCUT2D eigenvalue weighted by Crippen LogP contribution is -2.40. The van der Waals surface area contributed by atoms with Crippen LogP contribution in [-0.2, 0) is 9.53 Å². The van der Waals surface area contributed by atoms with Gasteiger partial charge in [0.2, 0.25) is 0 Å². The van der Waals surface area contributed by atoms with Crippen LogP contribution in [-0.4, -0.2) is 42.9 Å². The number of hydrogen-bond acceptors (Lipinski definition) is 3. The third-order valence-corrected chi connectivity index (χ3v) is 4.79. The predicted octanol–water partition coefficient (Wildman–Crippen LogP) is 0.431. The number of carbonyl (C=O) groups excluding carboxylic acids is 1. The van der Waals surface area contributed by atoms with Crippen LogP contribution in [0.25, 0.3) is 0 Å². The Morgan fingerprint density at radius 1 is 1.21 bits per heavy atom. The second-order valence-electron chi connectivity index (χ2n) is 5.86. The van der Waals surface area contributed by atoms with E-state index in [0.717, 1.165) is 23.7 Å². The first-order valence-electron chi connectivity index (χ1n) is 7.00.